The Bertz CT molecular complexity index is 1160. The minimum atomic E-state index is -0.759. The van der Waals surface area contributed by atoms with E-state index in [2.05, 4.69) is 22.5 Å². The lowest BCUT2D eigenvalue weighted by Gasteiger charge is -2.24. The normalized spacial score (nSPS) is 17.5. The third-order valence-corrected chi connectivity index (χ3v) is 5.66. The van der Waals surface area contributed by atoms with Crippen molar-refractivity contribution < 1.29 is 23.8 Å². The van der Waals surface area contributed by atoms with Gasteiger partial charge >= 0.3 is 0 Å². The van der Waals surface area contributed by atoms with Gasteiger partial charge in [0, 0.05) is 10.0 Å². The van der Waals surface area contributed by atoms with Crippen LogP contribution in [0.25, 0.3) is 5.76 Å². The molecule has 1 aliphatic heterocycles. The molecule has 0 aliphatic carbocycles. The van der Waals surface area contributed by atoms with Gasteiger partial charge in [0.2, 0.25) is 0 Å². The highest BCUT2D eigenvalue weighted by atomic mass is 79.9. The van der Waals surface area contributed by atoms with E-state index in [1.807, 2.05) is 24.3 Å². The lowest BCUT2D eigenvalue weighted by molar-refractivity contribution is -0.140. The highest BCUT2D eigenvalue weighted by molar-refractivity contribution is 9.10. The first-order chi connectivity index (χ1) is 15.5. The molecule has 2 heterocycles. The largest absolute Gasteiger partial charge is 0.507 e. The summed E-state index contributed by atoms with van der Waals surface area (Å²) in [7, 11) is 0. The number of amides is 1. The Morgan fingerprint density at radius 3 is 2.47 bits per heavy atom. The summed E-state index contributed by atoms with van der Waals surface area (Å²) in [5, 5.41) is 11.1. The van der Waals surface area contributed by atoms with Gasteiger partial charge in [-0.2, -0.15) is 0 Å². The van der Waals surface area contributed by atoms with Crippen molar-refractivity contribution in [2.75, 3.05) is 6.61 Å². The first-order valence-corrected chi connectivity index (χ1v) is 10.7. The van der Waals surface area contributed by atoms with Gasteiger partial charge in [-0.3, -0.25) is 9.59 Å². The molecule has 0 bridgehead atoms. The van der Waals surface area contributed by atoms with E-state index in [9.17, 15) is 14.7 Å². The van der Waals surface area contributed by atoms with Crippen LogP contribution in [0.1, 0.15) is 22.9 Å². The molecule has 1 amide bonds. The zero-order chi connectivity index (χ0) is 22.7. The van der Waals surface area contributed by atoms with Crippen LogP contribution in [0.15, 0.2) is 94.0 Å². The van der Waals surface area contributed by atoms with Crippen molar-refractivity contribution in [1.82, 2.24) is 4.90 Å². The number of halogens is 1. The monoisotopic (exact) mass is 493 g/mol. The van der Waals surface area contributed by atoms with Crippen LogP contribution >= 0.6 is 15.9 Å². The number of nitrogens with zero attached hydrogens (tertiary/aromatic N) is 1. The lowest BCUT2D eigenvalue weighted by Crippen LogP contribution is -2.29. The quantitative estimate of drug-likeness (QED) is 0.211. The van der Waals surface area contributed by atoms with Crippen molar-refractivity contribution in [2.24, 2.45) is 0 Å². The van der Waals surface area contributed by atoms with E-state index in [-0.39, 0.29) is 17.9 Å². The number of benzene rings is 2. The summed E-state index contributed by atoms with van der Waals surface area (Å²) in [6.07, 6.45) is 3.14. The predicted molar refractivity (Wildman–Crippen MR) is 123 cm³/mol. The van der Waals surface area contributed by atoms with Crippen LogP contribution in [0.2, 0.25) is 0 Å². The maximum Gasteiger partial charge on any atom is 0.296 e. The van der Waals surface area contributed by atoms with E-state index in [0.717, 1.165) is 4.47 Å². The second-order valence-corrected chi connectivity index (χ2v) is 8.10. The summed E-state index contributed by atoms with van der Waals surface area (Å²) in [6.45, 7) is 4.06. The van der Waals surface area contributed by atoms with Crippen LogP contribution in [0.4, 0.5) is 0 Å². The standard InChI is InChI=1S/C25H20BrNO5/c1-2-13-31-19-11-7-17(8-12-19)23(28)21-22(16-5-9-18(26)10-6-16)27(25(30)24(21)29)15-20-4-3-14-32-20/h2-12,14,22,28H,1,13,15H2. The Morgan fingerprint density at radius 1 is 1.12 bits per heavy atom. The number of furan rings is 1. The number of likely N-dealkylation sites (tertiary alicyclic amines) is 1. The van der Waals surface area contributed by atoms with Gasteiger partial charge < -0.3 is 19.2 Å². The molecule has 0 saturated carbocycles. The van der Waals surface area contributed by atoms with E-state index in [1.165, 1.54) is 11.2 Å². The number of ketones is 1. The van der Waals surface area contributed by atoms with Crippen LogP contribution in [0.5, 0.6) is 5.75 Å². The van der Waals surface area contributed by atoms with Gasteiger partial charge in [-0.15, -0.1) is 0 Å². The fourth-order valence-electron chi connectivity index (χ4n) is 3.62. The molecule has 1 N–H and O–H groups in total. The first-order valence-electron chi connectivity index (χ1n) is 9.90. The van der Waals surface area contributed by atoms with Crippen LogP contribution in [0.3, 0.4) is 0 Å². The maximum atomic E-state index is 13.0. The minimum Gasteiger partial charge on any atom is -0.507 e. The fraction of sp³-hybridized carbons (Fsp3) is 0.120. The molecule has 1 unspecified atom stereocenters. The Kier molecular flexibility index (Phi) is 6.28. The maximum absolute atomic E-state index is 13.0. The van der Waals surface area contributed by atoms with Crippen molar-refractivity contribution in [3.8, 4) is 5.75 Å². The summed E-state index contributed by atoms with van der Waals surface area (Å²) < 4.78 is 11.7. The summed E-state index contributed by atoms with van der Waals surface area (Å²) in [5.41, 5.74) is 1.14. The minimum absolute atomic E-state index is 0.0311. The average molecular weight is 494 g/mol. The molecule has 32 heavy (non-hydrogen) atoms. The lowest BCUT2D eigenvalue weighted by atomic mass is 9.95. The zero-order valence-electron chi connectivity index (χ0n) is 17.0. The molecule has 3 aromatic rings. The van der Waals surface area contributed by atoms with Crippen LogP contribution in [-0.4, -0.2) is 28.3 Å². The van der Waals surface area contributed by atoms with E-state index >= 15 is 0 Å². The number of Topliss-reactive ketones (excluding diaryl/α,β-unsaturated/α-hetero) is 1. The van der Waals surface area contributed by atoms with Crippen LogP contribution < -0.4 is 4.74 Å². The third-order valence-electron chi connectivity index (χ3n) is 5.13. The molecule has 0 radical (unpaired) electrons. The van der Waals surface area contributed by atoms with Crippen molar-refractivity contribution >= 4 is 33.4 Å². The van der Waals surface area contributed by atoms with Gasteiger partial charge in [-0.1, -0.05) is 40.7 Å². The molecule has 162 valence electrons. The van der Waals surface area contributed by atoms with Crippen molar-refractivity contribution in [2.45, 2.75) is 12.6 Å². The third kappa shape index (κ3) is 4.24. The number of aliphatic hydroxyl groups excluding tert-OH is 1. The molecule has 1 aliphatic rings. The van der Waals surface area contributed by atoms with E-state index in [1.54, 1.807) is 42.5 Å². The number of aliphatic hydroxyl groups is 1. The second kappa shape index (κ2) is 9.28. The molecular weight excluding hydrogens is 474 g/mol. The Balaban J connectivity index is 1.78. The summed E-state index contributed by atoms with van der Waals surface area (Å²) in [5.74, 6) is -0.536. The number of ether oxygens (including phenoxy) is 1. The molecule has 1 atom stereocenters. The Labute approximate surface area is 193 Å². The second-order valence-electron chi connectivity index (χ2n) is 7.18. The highest BCUT2D eigenvalue weighted by Gasteiger charge is 2.46. The molecular formula is C25H20BrNO5. The van der Waals surface area contributed by atoms with Gasteiger partial charge in [0.05, 0.1) is 24.4 Å². The smallest absolute Gasteiger partial charge is 0.296 e. The topological polar surface area (TPSA) is 80.0 Å². The van der Waals surface area contributed by atoms with Gasteiger partial charge in [-0.05, 0) is 54.1 Å². The number of carbonyl (C=O) groups is 2. The van der Waals surface area contributed by atoms with E-state index in [0.29, 0.717) is 29.2 Å². The highest BCUT2D eigenvalue weighted by Crippen LogP contribution is 2.40. The van der Waals surface area contributed by atoms with E-state index in [4.69, 9.17) is 9.15 Å². The Hall–Kier alpha value is -3.58. The fourth-order valence-corrected chi connectivity index (χ4v) is 3.89. The number of carbonyl (C=O) groups excluding carboxylic acids is 2. The first kappa shape index (κ1) is 21.6. The summed E-state index contributed by atoms with van der Waals surface area (Å²) >= 11 is 3.40. The summed E-state index contributed by atoms with van der Waals surface area (Å²) in [6, 6.07) is 16.6. The number of hydrogen-bond donors (Lipinski definition) is 1. The molecule has 2 aromatic carbocycles. The Morgan fingerprint density at radius 2 is 1.84 bits per heavy atom. The molecule has 7 heteroatoms. The molecule has 1 saturated heterocycles. The van der Waals surface area contributed by atoms with Gasteiger partial charge in [0.15, 0.2) is 0 Å². The molecule has 1 fully saturated rings. The van der Waals surface area contributed by atoms with E-state index < -0.39 is 17.7 Å². The summed E-state index contributed by atoms with van der Waals surface area (Å²) in [4.78, 5) is 27.4. The van der Waals surface area contributed by atoms with Crippen LogP contribution in [-0.2, 0) is 16.1 Å². The van der Waals surface area contributed by atoms with Gasteiger partial charge in [0.1, 0.15) is 23.9 Å². The van der Waals surface area contributed by atoms with Crippen molar-refractivity contribution in [3.05, 3.63) is 107 Å². The zero-order valence-corrected chi connectivity index (χ0v) is 18.6. The SMILES string of the molecule is C=CCOc1ccc(C(O)=C2C(=O)C(=O)N(Cc3ccco3)C2c2ccc(Br)cc2)cc1. The molecule has 1 aromatic heterocycles. The average Bonchev–Trinajstić information content (AvgIpc) is 3.41. The van der Waals surface area contributed by atoms with Gasteiger partial charge in [-0.25, -0.2) is 0 Å². The number of hydrogen-bond acceptors (Lipinski definition) is 5. The van der Waals surface area contributed by atoms with Crippen LogP contribution in [0, 0.1) is 0 Å². The predicted octanol–water partition coefficient (Wildman–Crippen LogP) is 5.23. The van der Waals surface area contributed by atoms with Crippen molar-refractivity contribution in [1.29, 1.82) is 0 Å². The molecule has 6 nitrogen and oxygen atoms in total. The van der Waals surface area contributed by atoms with Crippen molar-refractivity contribution in [3.63, 3.8) is 0 Å². The number of rotatable bonds is 7. The molecule has 0 spiro atoms. The van der Waals surface area contributed by atoms with Gasteiger partial charge in [0.25, 0.3) is 11.7 Å². The molecule has 4 rings (SSSR count).